The van der Waals surface area contributed by atoms with Crippen LogP contribution in [-0.4, -0.2) is 29.1 Å². The van der Waals surface area contributed by atoms with Crippen molar-refractivity contribution in [2.45, 2.75) is 6.61 Å². The maximum atomic E-state index is 11.8. The zero-order valence-electron chi connectivity index (χ0n) is 16.7. The molecule has 0 spiro atoms. The first kappa shape index (κ1) is 21.5. The molecule has 3 rings (SSSR count). The zero-order valence-corrected chi connectivity index (χ0v) is 16.7. The van der Waals surface area contributed by atoms with Crippen molar-refractivity contribution in [3.63, 3.8) is 0 Å². The lowest BCUT2D eigenvalue weighted by Crippen LogP contribution is -2.29. The van der Waals surface area contributed by atoms with Gasteiger partial charge in [-0.1, -0.05) is 66.7 Å². The zero-order chi connectivity index (χ0) is 21.9. The van der Waals surface area contributed by atoms with Gasteiger partial charge < -0.3 is 15.4 Å². The molecule has 8 heteroatoms. The van der Waals surface area contributed by atoms with E-state index >= 15 is 0 Å². The second kappa shape index (κ2) is 11.1. The first-order valence-electron chi connectivity index (χ1n) is 9.67. The number of aromatic nitrogens is 1. The molecular formula is C23H22N4O4. The number of ether oxygens (including phenoxy) is 1. The molecule has 0 fully saturated rings. The van der Waals surface area contributed by atoms with E-state index in [9.17, 15) is 14.9 Å². The lowest BCUT2D eigenvalue weighted by molar-refractivity contribution is -0.385. The van der Waals surface area contributed by atoms with Crippen LogP contribution >= 0.6 is 0 Å². The van der Waals surface area contributed by atoms with Crippen LogP contribution in [0.15, 0.2) is 72.9 Å². The van der Waals surface area contributed by atoms with Crippen molar-refractivity contribution >= 4 is 29.8 Å². The normalized spacial score (nSPS) is 10.6. The number of nitro groups is 1. The van der Waals surface area contributed by atoms with Crippen LogP contribution in [0.5, 0.6) is 0 Å². The third-order valence-electron chi connectivity index (χ3n) is 4.28. The molecule has 0 saturated heterocycles. The number of carbonyl (C=O) groups is 1. The predicted octanol–water partition coefficient (Wildman–Crippen LogP) is 4.50. The lowest BCUT2D eigenvalue weighted by atomic mass is 10.1. The average Bonchev–Trinajstić information content (AvgIpc) is 2.81. The van der Waals surface area contributed by atoms with Gasteiger partial charge in [-0.3, -0.25) is 10.1 Å². The van der Waals surface area contributed by atoms with Crippen molar-refractivity contribution in [2.24, 2.45) is 0 Å². The molecule has 31 heavy (non-hydrogen) atoms. The fraction of sp³-hybridized carbons (Fsp3) is 0.130. The molecule has 0 aliphatic rings. The summed E-state index contributed by atoms with van der Waals surface area (Å²) in [5, 5.41) is 16.2. The summed E-state index contributed by atoms with van der Waals surface area (Å²) in [7, 11) is 0. The van der Waals surface area contributed by atoms with E-state index in [-0.39, 0.29) is 12.3 Å². The third-order valence-corrected chi connectivity index (χ3v) is 4.28. The van der Waals surface area contributed by atoms with E-state index in [0.29, 0.717) is 18.9 Å². The molecular weight excluding hydrogens is 396 g/mol. The van der Waals surface area contributed by atoms with Crippen molar-refractivity contribution in [1.29, 1.82) is 0 Å². The SMILES string of the molecule is O=C(NCCNc1ccc([N+](=O)[O-])cn1)OCc1ccc(C=Cc2ccccc2)cc1. The minimum absolute atomic E-state index is 0.0764. The van der Waals surface area contributed by atoms with Gasteiger partial charge in [-0.25, -0.2) is 9.78 Å². The molecule has 2 N–H and O–H groups in total. The molecule has 0 radical (unpaired) electrons. The van der Waals surface area contributed by atoms with Crippen LogP contribution < -0.4 is 10.6 Å². The van der Waals surface area contributed by atoms with Gasteiger partial charge in [-0.15, -0.1) is 0 Å². The van der Waals surface area contributed by atoms with Crippen molar-refractivity contribution in [3.8, 4) is 0 Å². The van der Waals surface area contributed by atoms with Gasteiger partial charge in [0, 0.05) is 19.2 Å². The number of pyridine rings is 1. The molecule has 3 aromatic rings. The molecule has 8 nitrogen and oxygen atoms in total. The van der Waals surface area contributed by atoms with Gasteiger partial charge in [-0.05, 0) is 22.8 Å². The fourth-order valence-electron chi connectivity index (χ4n) is 2.64. The van der Waals surface area contributed by atoms with Gasteiger partial charge >= 0.3 is 6.09 Å². The van der Waals surface area contributed by atoms with Crippen LogP contribution in [0.3, 0.4) is 0 Å². The van der Waals surface area contributed by atoms with E-state index in [0.717, 1.165) is 16.7 Å². The van der Waals surface area contributed by atoms with Crippen molar-refractivity contribution in [1.82, 2.24) is 10.3 Å². The first-order chi connectivity index (χ1) is 15.1. The number of hydrogen-bond donors (Lipinski definition) is 2. The number of carbonyl (C=O) groups excluding carboxylic acids is 1. The fourth-order valence-corrected chi connectivity index (χ4v) is 2.64. The summed E-state index contributed by atoms with van der Waals surface area (Å²) in [4.78, 5) is 25.8. The Morgan fingerprint density at radius 3 is 2.32 bits per heavy atom. The molecule has 0 saturated carbocycles. The second-order valence-electron chi connectivity index (χ2n) is 6.57. The molecule has 0 unspecified atom stereocenters. The molecule has 0 aliphatic heterocycles. The van der Waals surface area contributed by atoms with Crippen LogP contribution in [0.1, 0.15) is 16.7 Å². The van der Waals surface area contributed by atoms with Crippen LogP contribution in [0.4, 0.5) is 16.3 Å². The predicted molar refractivity (Wildman–Crippen MR) is 119 cm³/mol. The monoisotopic (exact) mass is 418 g/mol. The lowest BCUT2D eigenvalue weighted by Gasteiger charge is -2.08. The largest absolute Gasteiger partial charge is 0.445 e. The minimum Gasteiger partial charge on any atom is -0.445 e. The molecule has 2 aromatic carbocycles. The summed E-state index contributed by atoms with van der Waals surface area (Å²) >= 11 is 0. The third kappa shape index (κ3) is 7.28. The summed E-state index contributed by atoms with van der Waals surface area (Å²) in [5.41, 5.74) is 3.00. The minimum atomic E-state index is -0.522. The topological polar surface area (TPSA) is 106 Å². The number of anilines is 1. The Morgan fingerprint density at radius 2 is 1.68 bits per heavy atom. The van der Waals surface area contributed by atoms with Crippen LogP contribution in [0.25, 0.3) is 12.2 Å². The van der Waals surface area contributed by atoms with E-state index < -0.39 is 11.0 Å². The van der Waals surface area contributed by atoms with E-state index in [2.05, 4.69) is 15.6 Å². The molecule has 1 aromatic heterocycles. The van der Waals surface area contributed by atoms with Crippen molar-refractivity contribution in [3.05, 3.63) is 99.7 Å². The van der Waals surface area contributed by atoms with Gasteiger partial charge in [0.1, 0.15) is 18.6 Å². The Labute approximate surface area is 179 Å². The van der Waals surface area contributed by atoms with E-state index in [1.807, 2.05) is 66.7 Å². The highest BCUT2D eigenvalue weighted by atomic mass is 16.6. The number of rotatable bonds is 9. The molecule has 1 amide bonds. The Hall–Kier alpha value is -4.20. The smallest absolute Gasteiger partial charge is 0.407 e. The number of benzene rings is 2. The van der Waals surface area contributed by atoms with Gasteiger partial charge in [-0.2, -0.15) is 0 Å². The van der Waals surface area contributed by atoms with Gasteiger partial charge in [0.2, 0.25) is 0 Å². The summed E-state index contributed by atoms with van der Waals surface area (Å²) in [6.07, 6.45) is 4.72. The van der Waals surface area contributed by atoms with E-state index in [1.165, 1.54) is 18.3 Å². The van der Waals surface area contributed by atoms with Crippen molar-refractivity contribution in [2.75, 3.05) is 18.4 Å². The van der Waals surface area contributed by atoms with Gasteiger partial charge in [0.15, 0.2) is 0 Å². The summed E-state index contributed by atoms with van der Waals surface area (Å²) in [6.45, 7) is 0.898. The molecule has 0 bridgehead atoms. The maximum Gasteiger partial charge on any atom is 0.407 e. The number of nitrogens with one attached hydrogen (secondary N) is 2. The highest BCUT2D eigenvalue weighted by Crippen LogP contribution is 2.12. The van der Waals surface area contributed by atoms with Crippen LogP contribution in [0, 0.1) is 10.1 Å². The highest BCUT2D eigenvalue weighted by molar-refractivity contribution is 5.69. The Kier molecular flexibility index (Phi) is 7.70. The Morgan fingerprint density at radius 1 is 0.968 bits per heavy atom. The van der Waals surface area contributed by atoms with Gasteiger partial charge in [0.05, 0.1) is 4.92 Å². The average molecular weight is 418 g/mol. The van der Waals surface area contributed by atoms with E-state index in [4.69, 9.17) is 4.74 Å². The molecule has 1 heterocycles. The standard InChI is InChI=1S/C23H22N4O4/c28-23(25-15-14-24-22-13-12-21(16-26-22)27(29)30)31-17-20-10-8-19(9-11-20)7-6-18-4-2-1-3-5-18/h1-13,16H,14-15,17H2,(H,24,26)(H,25,28). The molecule has 158 valence electrons. The molecule has 0 atom stereocenters. The highest BCUT2D eigenvalue weighted by Gasteiger charge is 2.05. The Bertz CT molecular complexity index is 1020. The first-order valence-corrected chi connectivity index (χ1v) is 9.67. The van der Waals surface area contributed by atoms with Crippen LogP contribution in [-0.2, 0) is 11.3 Å². The van der Waals surface area contributed by atoms with E-state index in [1.54, 1.807) is 0 Å². The number of nitrogens with zero attached hydrogens (tertiary/aromatic N) is 2. The second-order valence-corrected chi connectivity index (χ2v) is 6.57. The summed E-state index contributed by atoms with van der Waals surface area (Å²) in [6, 6.07) is 20.7. The summed E-state index contributed by atoms with van der Waals surface area (Å²) < 4.78 is 5.21. The Balaban J connectivity index is 1.34. The number of alkyl carbamates (subject to hydrolysis) is 1. The van der Waals surface area contributed by atoms with Gasteiger partial charge in [0.25, 0.3) is 5.69 Å². The van der Waals surface area contributed by atoms with Crippen molar-refractivity contribution < 1.29 is 14.5 Å². The molecule has 0 aliphatic carbocycles. The number of hydrogen-bond acceptors (Lipinski definition) is 6. The summed E-state index contributed by atoms with van der Waals surface area (Å²) in [5.74, 6) is 0.488. The number of amides is 1. The maximum absolute atomic E-state index is 11.8. The quantitative estimate of drug-likeness (QED) is 0.229. The van der Waals surface area contributed by atoms with Crippen LogP contribution in [0.2, 0.25) is 0 Å².